The van der Waals surface area contributed by atoms with Crippen LogP contribution >= 0.6 is 0 Å². The number of hydrogen-bond donors (Lipinski definition) is 1. The van der Waals surface area contributed by atoms with Crippen LogP contribution in [0.15, 0.2) is 18.2 Å². The van der Waals surface area contributed by atoms with E-state index in [0.717, 1.165) is 18.4 Å². The highest BCUT2D eigenvalue weighted by Crippen LogP contribution is 2.27. The van der Waals surface area contributed by atoms with Crippen LogP contribution in [0.25, 0.3) is 0 Å². The number of imide groups is 1. The van der Waals surface area contributed by atoms with Crippen LogP contribution in [0.3, 0.4) is 0 Å². The minimum atomic E-state index is -0.768. The summed E-state index contributed by atoms with van der Waals surface area (Å²) in [5.74, 6) is -0.223. The Morgan fingerprint density at radius 2 is 1.95 bits per heavy atom. The van der Waals surface area contributed by atoms with Crippen LogP contribution in [0.5, 0.6) is 0 Å². The minimum Gasteiger partial charge on any atom is -0.306 e. The fourth-order valence-electron chi connectivity index (χ4n) is 2.87. The Labute approximate surface area is 112 Å². The summed E-state index contributed by atoms with van der Waals surface area (Å²) in [7, 11) is 0. The van der Waals surface area contributed by atoms with Gasteiger partial charge in [0.2, 0.25) is 0 Å². The number of rotatable bonds is 2. The van der Waals surface area contributed by atoms with Crippen LogP contribution in [0.1, 0.15) is 37.0 Å². The van der Waals surface area contributed by atoms with E-state index in [0.29, 0.717) is 6.54 Å². The molecule has 3 rings (SSSR count). The molecule has 4 heteroatoms. The highest BCUT2D eigenvalue weighted by molar-refractivity contribution is 6.06. The number of carbonyl (C=O) groups excluding carboxylic acids is 2. The van der Waals surface area contributed by atoms with Gasteiger partial charge < -0.3 is 4.90 Å². The Morgan fingerprint density at radius 3 is 2.63 bits per heavy atom. The molecule has 0 radical (unpaired) electrons. The number of urea groups is 1. The molecule has 0 saturated carbocycles. The monoisotopic (exact) mass is 258 g/mol. The summed E-state index contributed by atoms with van der Waals surface area (Å²) in [5, 5.41) is 2.38. The first-order valence-corrected chi connectivity index (χ1v) is 6.72. The van der Waals surface area contributed by atoms with Gasteiger partial charge in [-0.2, -0.15) is 0 Å². The molecule has 1 heterocycles. The molecule has 100 valence electrons. The largest absolute Gasteiger partial charge is 0.325 e. The van der Waals surface area contributed by atoms with Gasteiger partial charge in [-0.3, -0.25) is 10.1 Å². The third-order valence-electron chi connectivity index (χ3n) is 4.20. The summed E-state index contributed by atoms with van der Waals surface area (Å²) >= 11 is 0. The van der Waals surface area contributed by atoms with E-state index >= 15 is 0 Å². The first-order valence-electron chi connectivity index (χ1n) is 6.72. The van der Waals surface area contributed by atoms with Gasteiger partial charge >= 0.3 is 6.03 Å². The third-order valence-corrected chi connectivity index (χ3v) is 4.20. The Bertz CT molecular complexity index is 563. The van der Waals surface area contributed by atoms with E-state index in [1.807, 2.05) is 0 Å². The Balaban J connectivity index is 1.85. The Hall–Kier alpha value is -1.84. The summed E-state index contributed by atoms with van der Waals surface area (Å²) in [5.41, 5.74) is 3.14. The van der Waals surface area contributed by atoms with E-state index < -0.39 is 5.54 Å². The SMILES string of the molecule is CC1(C)C(=O)NC(=O)N1Cc1ccc2c(c1)CCC2. The first-order chi connectivity index (χ1) is 8.98. The molecule has 1 aromatic carbocycles. The molecule has 1 aliphatic heterocycles. The molecule has 1 fully saturated rings. The normalized spacial score (nSPS) is 20.6. The van der Waals surface area contributed by atoms with E-state index in [9.17, 15) is 9.59 Å². The van der Waals surface area contributed by atoms with Crippen LogP contribution in [-0.2, 0) is 24.2 Å². The number of amides is 3. The van der Waals surface area contributed by atoms with Gasteiger partial charge in [0, 0.05) is 6.54 Å². The molecule has 3 amide bonds. The molecule has 0 spiro atoms. The maximum Gasteiger partial charge on any atom is 0.325 e. The number of aryl methyl sites for hydroxylation is 2. The summed E-state index contributed by atoms with van der Waals surface area (Å²) in [6, 6.07) is 6.10. The lowest BCUT2D eigenvalue weighted by Crippen LogP contribution is -2.43. The average molecular weight is 258 g/mol. The van der Waals surface area contributed by atoms with E-state index in [1.54, 1.807) is 18.7 Å². The number of hydrogen-bond acceptors (Lipinski definition) is 2. The first kappa shape index (κ1) is 12.2. The van der Waals surface area contributed by atoms with Crippen molar-refractivity contribution in [2.45, 2.75) is 45.2 Å². The number of nitrogens with zero attached hydrogens (tertiary/aromatic N) is 1. The smallest absolute Gasteiger partial charge is 0.306 e. The van der Waals surface area contributed by atoms with Crippen molar-refractivity contribution in [1.82, 2.24) is 10.2 Å². The van der Waals surface area contributed by atoms with Gasteiger partial charge in [-0.1, -0.05) is 18.2 Å². The molecule has 0 atom stereocenters. The molecule has 0 aromatic heterocycles. The maximum absolute atomic E-state index is 11.8. The van der Waals surface area contributed by atoms with Gasteiger partial charge in [-0.15, -0.1) is 0 Å². The molecule has 1 aromatic rings. The van der Waals surface area contributed by atoms with Crippen molar-refractivity contribution in [3.63, 3.8) is 0 Å². The summed E-state index contributed by atoms with van der Waals surface area (Å²) < 4.78 is 0. The number of benzene rings is 1. The molecular weight excluding hydrogens is 240 g/mol. The van der Waals surface area contributed by atoms with Crippen molar-refractivity contribution in [2.24, 2.45) is 0 Å². The van der Waals surface area contributed by atoms with Gasteiger partial charge in [0.15, 0.2) is 0 Å². The zero-order chi connectivity index (χ0) is 13.6. The van der Waals surface area contributed by atoms with Crippen molar-refractivity contribution >= 4 is 11.9 Å². The Morgan fingerprint density at radius 1 is 1.21 bits per heavy atom. The summed E-state index contributed by atoms with van der Waals surface area (Å²) in [6.07, 6.45) is 3.49. The van der Waals surface area contributed by atoms with E-state index in [4.69, 9.17) is 0 Å². The standard InChI is InChI=1S/C15H18N2O2/c1-15(2)13(18)16-14(19)17(15)9-10-6-7-11-4-3-5-12(11)8-10/h6-8H,3-5,9H2,1-2H3,(H,16,18,19). The molecular formula is C15H18N2O2. The summed E-state index contributed by atoms with van der Waals surface area (Å²) in [4.78, 5) is 25.2. The molecule has 0 bridgehead atoms. The van der Waals surface area contributed by atoms with Crippen molar-refractivity contribution < 1.29 is 9.59 Å². The molecule has 0 unspecified atom stereocenters. The van der Waals surface area contributed by atoms with Crippen LogP contribution in [0.2, 0.25) is 0 Å². The predicted octanol–water partition coefficient (Wildman–Crippen LogP) is 2.01. The average Bonchev–Trinajstić information content (AvgIpc) is 2.88. The van der Waals surface area contributed by atoms with Crippen LogP contribution in [-0.4, -0.2) is 22.4 Å². The second-order valence-corrected chi connectivity index (χ2v) is 5.86. The minimum absolute atomic E-state index is 0.223. The molecule has 1 saturated heterocycles. The van der Waals surface area contributed by atoms with Crippen molar-refractivity contribution in [1.29, 1.82) is 0 Å². The van der Waals surface area contributed by atoms with E-state index in [2.05, 4.69) is 23.5 Å². The lowest BCUT2D eigenvalue weighted by Gasteiger charge is -2.28. The second kappa shape index (κ2) is 4.08. The van der Waals surface area contributed by atoms with E-state index in [-0.39, 0.29) is 11.9 Å². The van der Waals surface area contributed by atoms with Gasteiger partial charge in [0.25, 0.3) is 5.91 Å². The fraction of sp³-hybridized carbons (Fsp3) is 0.467. The van der Waals surface area contributed by atoms with Crippen molar-refractivity contribution in [2.75, 3.05) is 0 Å². The predicted molar refractivity (Wildman–Crippen MR) is 71.6 cm³/mol. The van der Waals surface area contributed by atoms with Crippen LogP contribution < -0.4 is 5.32 Å². The maximum atomic E-state index is 11.8. The highest BCUT2D eigenvalue weighted by atomic mass is 16.2. The second-order valence-electron chi connectivity index (χ2n) is 5.86. The van der Waals surface area contributed by atoms with E-state index in [1.165, 1.54) is 17.5 Å². The van der Waals surface area contributed by atoms with Gasteiger partial charge in [-0.25, -0.2) is 4.79 Å². The number of nitrogens with one attached hydrogen (secondary N) is 1. The lowest BCUT2D eigenvalue weighted by atomic mass is 10.0. The van der Waals surface area contributed by atoms with Gasteiger partial charge in [0.05, 0.1) is 0 Å². The van der Waals surface area contributed by atoms with Crippen molar-refractivity contribution in [3.05, 3.63) is 34.9 Å². The molecule has 19 heavy (non-hydrogen) atoms. The van der Waals surface area contributed by atoms with Gasteiger partial charge in [0.1, 0.15) is 5.54 Å². The zero-order valence-corrected chi connectivity index (χ0v) is 11.3. The number of carbonyl (C=O) groups is 2. The topological polar surface area (TPSA) is 49.4 Å². The Kier molecular flexibility index (Phi) is 2.62. The fourth-order valence-corrected chi connectivity index (χ4v) is 2.87. The highest BCUT2D eigenvalue weighted by Gasteiger charge is 2.45. The number of fused-ring (bicyclic) bond motifs is 1. The summed E-state index contributed by atoms with van der Waals surface area (Å²) in [6.45, 7) is 4.04. The molecule has 4 nitrogen and oxygen atoms in total. The molecule has 1 aliphatic carbocycles. The van der Waals surface area contributed by atoms with Crippen LogP contribution in [0.4, 0.5) is 4.79 Å². The van der Waals surface area contributed by atoms with Crippen molar-refractivity contribution in [3.8, 4) is 0 Å². The lowest BCUT2D eigenvalue weighted by molar-refractivity contribution is -0.125. The third kappa shape index (κ3) is 1.91. The van der Waals surface area contributed by atoms with Gasteiger partial charge in [-0.05, 0) is 49.8 Å². The molecule has 2 aliphatic rings. The zero-order valence-electron chi connectivity index (χ0n) is 11.3. The quantitative estimate of drug-likeness (QED) is 0.825. The van der Waals surface area contributed by atoms with Crippen LogP contribution in [0, 0.1) is 0 Å². The molecule has 1 N–H and O–H groups in total.